The minimum Gasteiger partial charge on any atom is -0.350 e. The number of rotatable bonds is 5. The molecular formula is C16H23ClN4O. The van der Waals surface area contributed by atoms with Gasteiger partial charge in [-0.05, 0) is 44.5 Å². The van der Waals surface area contributed by atoms with Crippen LogP contribution in [0.4, 0.5) is 0 Å². The first-order valence-electron chi connectivity index (χ1n) is 7.14. The Morgan fingerprint density at radius 3 is 2.45 bits per heavy atom. The topological polar surface area (TPSA) is 72.9 Å². The number of halogens is 1. The minimum absolute atomic E-state index is 0. The van der Waals surface area contributed by atoms with Gasteiger partial charge in [-0.2, -0.15) is 5.10 Å². The lowest BCUT2D eigenvalue weighted by molar-refractivity contribution is -0.121. The molecule has 1 unspecified atom stereocenters. The first-order valence-corrected chi connectivity index (χ1v) is 7.14. The van der Waals surface area contributed by atoms with Crippen molar-refractivity contribution in [1.29, 1.82) is 0 Å². The largest absolute Gasteiger partial charge is 0.350 e. The zero-order valence-electron chi connectivity index (χ0n) is 13.2. The Balaban J connectivity index is 0.00000242. The van der Waals surface area contributed by atoms with Crippen molar-refractivity contribution in [2.75, 3.05) is 6.54 Å². The maximum Gasteiger partial charge on any atom is 0.221 e. The van der Waals surface area contributed by atoms with Gasteiger partial charge in [-0.1, -0.05) is 12.1 Å². The third-order valence-electron chi connectivity index (χ3n) is 3.40. The van der Waals surface area contributed by atoms with E-state index in [0.717, 1.165) is 22.6 Å². The molecule has 0 fully saturated rings. The van der Waals surface area contributed by atoms with Crippen molar-refractivity contribution in [3.63, 3.8) is 0 Å². The van der Waals surface area contributed by atoms with Gasteiger partial charge in [-0.15, -0.1) is 12.4 Å². The molecule has 0 radical (unpaired) electrons. The van der Waals surface area contributed by atoms with Gasteiger partial charge in [0.15, 0.2) is 0 Å². The zero-order valence-corrected chi connectivity index (χ0v) is 14.0. The highest BCUT2D eigenvalue weighted by Crippen LogP contribution is 2.17. The molecule has 0 bridgehead atoms. The Morgan fingerprint density at radius 2 is 1.95 bits per heavy atom. The predicted molar refractivity (Wildman–Crippen MR) is 90.5 cm³/mol. The van der Waals surface area contributed by atoms with Crippen molar-refractivity contribution in [3.8, 4) is 5.69 Å². The minimum atomic E-state index is -0.0291. The van der Waals surface area contributed by atoms with E-state index in [9.17, 15) is 4.79 Å². The number of amides is 1. The molecule has 22 heavy (non-hydrogen) atoms. The van der Waals surface area contributed by atoms with Crippen LogP contribution in [0.1, 0.15) is 36.3 Å². The number of carbonyl (C=O) groups is 1. The zero-order chi connectivity index (χ0) is 15.4. The molecule has 0 aliphatic carbocycles. The Labute approximate surface area is 137 Å². The van der Waals surface area contributed by atoms with Crippen LogP contribution in [0.25, 0.3) is 5.69 Å². The number of nitrogens with zero attached hydrogens (tertiary/aromatic N) is 2. The molecule has 1 atom stereocenters. The fourth-order valence-corrected chi connectivity index (χ4v) is 2.32. The van der Waals surface area contributed by atoms with Crippen LogP contribution in [0.5, 0.6) is 0 Å². The third-order valence-corrected chi connectivity index (χ3v) is 3.40. The van der Waals surface area contributed by atoms with Gasteiger partial charge in [-0.25, -0.2) is 4.68 Å². The number of hydrogen-bond donors (Lipinski definition) is 2. The maximum absolute atomic E-state index is 11.6. The summed E-state index contributed by atoms with van der Waals surface area (Å²) in [6.07, 6.45) is 0.355. The Morgan fingerprint density at radius 1 is 1.32 bits per heavy atom. The van der Waals surface area contributed by atoms with Gasteiger partial charge in [-0.3, -0.25) is 4.79 Å². The molecule has 0 saturated carbocycles. The fraction of sp³-hybridized carbons (Fsp3) is 0.375. The van der Waals surface area contributed by atoms with Gasteiger partial charge >= 0.3 is 0 Å². The molecule has 2 aromatic rings. The predicted octanol–water partition coefficient (Wildman–Crippen LogP) is 2.44. The van der Waals surface area contributed by atoms with Crippen LogP contribution < -0.4 is 11.1 Å². The second kappa shape index (κ2) is 7.96. The highest BCUT2D eigenvalue weighted by atomic mass is 35.5. The van der Waals surface area contributed by atoms with E-state index in [1.54, 1.807) is 0 Å². The molecule has 3 N–H and O–H groups in total. The summed E-state index contributed by atoms with van der Waals surface area (Å²) < 4.78 is 1.91. The number of nitrogens with one attached hydrogen (secondary N) is 1. The highest BCUT2D eigenvalue weighted by Gasteiger charge is 2.10. The lowest BCUT2D eigenvalue weighted by Crippen LogP contribution is -2.28. The van der Waals surface area contributed by atoms with Gasteiger partial charge in [0.05, 0.1) is 17.4 Å². The van der Waals surface area contributed by atoms with Crippen molar-refractivity contribution >= 4 is 18.3 Å². The Kier molecular flexibility index (Phi) is 6.59. The summed E-state index contributed by atoms with van der Waals surface area (Å²) in [5, 5.41) is 7.39. The van der Waals surface area contributed by atoms with Crippen molar-refractivity contribution in [2.24, 2.45) is 5.73 Å². The van der Waals surface area contributed by atoms with Gasteiger partial charge in [0.1, 0.15) is 0 Å². The van der Waals surface area contributed by atoms with E-state index >= 15 is 0 Å². The number of nitrogens with two attached hydrogens (primary N) is 1. The Hall–Kier alpha value is -1.85. The summed E-state index contributed by atoms with van der Waals surface area (Å²) in [6, 6.07) is 10.1. The highest BCUT2D eigenvalue weighted by molar-refractivity contribution is 5.85. The molecular weight excluding hydrogens is 300 g/mol. The quantitative estimate of drug-likeness (QED) is 0.888. The summed E-state index contributed by atoms with van der Waals surface area (Å²) in [4.78, 5) is 11.6. The summed E-state index contributed by atoms with van der Waals surface area (Å²) in [7, 11) is 0. The molecule has 1 amide bonds. The van der Waals surface area contributed by atoms with Crippen molar-refractivity contribution in [3.05, 3.63) is 47.3 Å². The molecule has 0 aliphatic heterocycles. The van der Waals surface area contributed by atoms with Crippen LogP contribution >= 0.6 is 12.4 Å². The van der Waals surface area contributed by atoms with Crippen molar-refractivity contribution in [1.82, 2.24) is 15.1 Å². The van der Waals surface area contributed by atoms with E-state index in [4.69, 9.17) is 5.73 Å². The monoisotopic (exact) mass is 322 g/mol. The number of aryl methyl sites for hydroxylation is 2. The number of hydrogen-bond acceptors (Lipinski definition) is 3. The average molecular weight is 323 g/mol. The first kappa shape index (κ1) is 18.2. The lowest BCUT2D eigenvalue weighted by Gasteiger charge is -2.15. The number of benzene rings is 1. The molecule has 120 valence electrons. The second-order valence-corrected chi connectivity index (χ2v) is 5.26. The molecule has 1 heterocycles. The van der Waals surface area contributed by atoms with Crippen LogP contribution in [-0.4, -0.2) is 22.2 Å². The summed E-state index contributed by atoms with van der Waals surface area (Å²) in [5.74, 6) is -0.0207. The Bertz CT molecular complexity index is 622. The number of aromatic nitrogens is 2. The van der Waals surface area contributed by atoms with Crippen LogP contribution in [0.3, 0.4) is 0 Å². The van der Waals surface area contributed by atoms with E-state index < -0.39 is 0 Å². The first-order chi connectivity index (χ1) is 10.0. The summed E-state index contributed by atoms with van der Waals surface area (Å²) >= 11 is 0. The summed E-state index contributed by atoms with van der Waals surface area (Å²) in [6.45, 7) is 6.35. The average Bonchev–Trinajstić information content (AvgIpc) is 2.78. The van der Waals surface area contributed by atoms with Crippen LogP contribution in [0, 0.1) is 13.8 Å². The van der Waals surface area contributed by atoms with Crippen LogP contribution in [-0.2, 0) is 4.79 Å². The molecule has 0 aliphatic rings. The molecule has 1 aromatic carbocycles. The van der Waals surface area contributed by atoms with Gasteiger partial charge in [0.25, 0.3) is 0 Å². The molecule has 0 saturated heterocycles. The fourth-order valence-electron chi connectivity index (χ4n) is 2.32. The normalized spacial score (nSPS) is 11.6. The number of carbonyl (C=O) groups excluding carboxylic acids is 1. The van der Waals surface area contributed by atoms with E-state index in [-0.39, 0.29) is 24.4 Å². The SMILES string of the molecule is Cc1cc(C)n(-c2ccc(C(C)NC(=O)CCN)cc2)n1.Cl. The van der Waals surface area contributed by atoms with Crippen molar-refractivity contribution < 1.29 is 4.79 Å². The molecule has 1 aromatic heterocycles. The molecule has 6 heteroatoms. The molecule has 0 spiro atoms. The molecule has 5 nitrogen and oxygen atoms in total. The lowest BCUT2D eigenvalue weighted by atomic mass is 10.1. The van der Waals surface area contributed by atoms with Gasteiger partial charge in [0, 0.05) is 18.7 Å². The van der Waals surface area contributed by atoms with Crippen LogP contribution in [0.2, 0.25) is 0 Å². The third kappa shape index (κ3) is 4.32. The van der Waals surface area contributed by atoms with E-state index in [0.29, 0.717) is 13.0 Å². The summed E-state index contributed by atoms with van der Waals surface area (Å²) in [5.41, 5.74) is 9.55. The van der Waals surface area contributed by atoms with E-state index in [2.05, 4.69) is 10.4 Å². The smallest absolute Gasteiger partial charge is 0.221 e. The van der Waals surface area contributed by atoms with Gasteiger partial charge in [0.2, 0.25) is 5.91 Å². The van der Waals surface area contributed by atoms with Crippen molar-refractivity contribution in [2.45, 2.75) is 33.2 Å². The standard InChI is InChI=1S/C16H22N4O.ClH/c1-11-10-12(2)20(19-11)15-6-4-14(5-7-15)13(3)18-16(21)8-9-17;/h4-7,10,13H,8-9,17H2,1-3H3,(H,18,21);1H. The van der Waals surface area contributed by atoms with E-state index in [1.165, 1.54) is 0 Å². The van der Waals surface area contributed by atoms with E-state index in [1.807, 2.05) is 55.8 Å². The maximum atomic E-state index is 11.6. The van der Waals surface area contributed by atoms with Crippen LogP contribution in [0.15, 0.2) is 30.3 Å². The second-order valence-electron chi connectivity index (χ2n) is 5.26. The molecule has 2 rings (SSSR count). The van der Waals surface area contributed by atoms with Gasteiger partial charge < -0.3 is 11.1 Å².